The highest BCUT2D eigenvalue weighted by molar-refractivity contribution is 7.99. The third-order valence-electron chi connectivity index (χ3n) is 1.78. The Morgan fingerprint density at radius 1 is 1.53 bits per heavy atom. The van der Waals surface area contributed by atoms with Crippen LogP contribution in [0.15, 0.2) is 27.9 Å². The Morgan fingerprint density at radius 3 is 3.00 bits per heavy atom. The van der Waals surface area contributed by atoms with Crippen molar-refractivity contribution in [2.45, 2.75) is 17.2 Å². The number of nitrogens with one attached hydrogen (secondary N) is 1. The number of nitrogens with two attached hydrogens (primary N) is 1. The predicted octanol–water partition coefficient (Wildman–Crippen LogP) is 0.149. The van der Waals surface area contributed by atoms with Gasteiger partial charge in [-0.25, -0.2) is 15.0 Å². The van der Waals surface area contributed by atoms with Crippen molar-refractivity contribution in [2.24, 2.45) is 10.9 Å². The van der Waals surface area contributed by atoms with Gasteiger partial charge in [0.15, 0.2) is 16.1 Å². The molecule has 0 aliphatic heterocycles. The largest absolute Gasteiger partial charge is 0.409 e. The molecule has 0 spiro atoms. The zero-order valence-corrected chi connectivity index (χ0v) is 9.64. The Balaban J connectivity index is 2.32. The smallest absolute Gasteiger partial charge is 0.196 e. The van der Waals surface area contributed by atoms with E-state index in [1.54, 1.807) is 13.0 Å². The molecule has 0 saturated carbocycles. The molecule has 2 rings (SSSR count). The van der Waals surface area contributed by atoms with E-state index in [-0.39, 0.29) is 5.84 Å². The van der Waals surface area contributed by atoms with Gasteiger partial charge < -0.3 is 10.9 Å². The maximum atomic E-state index is 8.59. The molecular formula is C8H9N7OS. The zero-order valence-electron chi connectivity index (χ0n) is 8.82. The lowest BCUT2D eigenvalue weighted by Gasteiger charge is -2.02. The van der Waals surface area contributed by atoms with E-state index >= 15 is 0 Å². The third-order valence-corrected chi connectivity index (χ3v) is 2.54. The molecular weight excluding hydrogens is 242 g/mol. The average molecular weight is 251 g/mol. The minimum absolute atomic E-state index is 0.0603. The van der Waals surface area contributed by atoms with Crippen LogP contribution >= 0.6 is 11.8 Å². The second-order valence-corrected chi connectivity index (χ2v) is 4.01. The highest BCUT2D eigenvalue weighted by Gasteiger charge is 2.08. The van der Waals surface area contributed by atoms with E-state index in [9.17, 15) is 0 Å². The Hall–Kier alpha value is -2.16. The standard InChI is InChI=1S/C8H9N7OS/c1-4-2-5(6(9)15-16)13-8(12-4)17-7-10-3-11-14-7/h2-3,16H,1H3,(H2,9,15)(H,10,11,14). The van der Waals surface area contributed by atoms with Crippen molar-refractivity contribution in [1.29, 1.82) is 0 Å². The number of nitrogens with zero attached hydrogens (tertiary/aromatic N) is 5. The van der Waals surface area contributed by atoms with E-state index in [0.29, 0.717) is 21.7 Å². The maximum absolute atomic E-state index is 8.59. The quantitative estimate of drug-likeness (QED) is 0.233. The number of hydrogen-bond donors (Lipinski definition) is 3. The summed E-state index contributed by atoms with van der Waals surface area (Å²) in [6.07, 6.45) is 1.39. The summed E-state index contributed by atoms with van der Waals surface area (Å²) in [5, 5.41) is 18.9. The maximum Gasteiger partial charge on any atom is 0.196 e. The third kappa shape index (κ3) is 2.69. The van der Waals surface area contributed by atoms with E-state index in [2.05, 4.69) is 30.3 Å². The van der Waals surface area contributed by atoms with Gasteiger partial charge in [0.25, 0.3) is 0 Å². The van der Waals surface area contributed by atoms with Crippen LogP contribution in [0.4, 0.5) is 0 Å². The van der Waals surface area contributed by atoms with Gasteiger partial charge >= 0.3 is 0 Å². The molecule has 0 radical (unpaired) electrons. The fourth-order valence-corrected chi connectivity index (χ4v) is 1.80. The second-order valence-electron chi connectivity index (χ2n) is 3.06. The molecule has 0 aromatic carbocycles. The van der Waals surface area contributed by atoms with Crippen molar-refractivity contribution in [1.82, 2.24) is 25.1 Å². The minimum Gasteiger partial charge on any atom is -0.409 e. The lowest BCUT2D eigenvalue weighted by molar-refractivity contribution is 0.318. The summed E-state index contributed by atoms with van der Waals surface area (Å²) < 4.78 is 0. The summed E-state index contributed by atoms with van der Waals surface area (Å²) in [4.78, 5) is 12.3. The number of aryl methyl sites for hydroxylation is 1. The first kappa shape index (κ1) is 11.3. The normalized spacial score (nSPS) is 11.7. The molecule has 0 atom stereocenters. The minimum atomic E-state index is -0.0603. The Labute approximate surface area is 100 Å². The SMILES string of the molecule is Cc1cc(/C(N)=N/O)nc(Sc2ncn[nH]2)n1. The highest BCUT2D eigenvalue weighted by atomic mass is 32.2. The van der Waals surface area contributed by atoms with Crippen molar-refractivity contribution in [2.75, 3.05) is 0 Å². The molecule has 0 aliphatic rings. The summed E-state index contributed by atoms with van der Waals surface area (Å²) in [7, 11) is 0. The summed E-state index contributed by atoms with van der Waals surface area (Å²) in [6, 6.07) is 1.62. The number of amidine groups is 1. The van der Waals surface area contributed by atoms with Gasteiger partial charge in [-0.15, -0.1) is 0 Å². The van der Waals surface area contributed by atoms with Crippen LogP contribution in [-0.4, -0.2) is 36.2 Å². The number of hydrogen-bond acceptors (Lipinski definition) is 7. The fraction of sp³-hybridized carbons (Fsp3) is 0.125. The topological polar surface area (TPSA) is 126 Å². The molecule has 9 heteroatoms. The van der Waals surface area contributed by atoms with E-state index in [0.717, 1.165) is 0 Å². The van der Waals surface area contributed by atoms with Crippen LogP contribution in [0.3, 0.4) is 0 Å². The first-order valence-electron chi connectivity index (χ1n) is 4.56. The van der Waals surface area contributed by atoms with Crippen LogP contribution < -0.4 is 5.73 Å². The average Bonchev–Trinajstić information content (AvgIpc) is 2.80. The molecule has 0 saturated heterocycles. The molecule has 0 fully saturated rings. The predicted molar refractivity (Wildman–Crippen MR) is 59.8 cm³/mol. The first-order chi connectivity index (χ1) is 8.19. The van der Waals surface area contributed by atoms with Crippen LogP contribution in [0.25, 0.3) is 0 Å². The summed E-state index contributed by atoms with van der Waals surface area (Å²) in [6.45, 7) is 1.79. The van der Waals surface area contributed by atoms with Crippen molar-refractivity contribution < 1.29 is 5.21 Å². The molecule has 17 heavy (non-hydrogen) atoms. The molecule has 8 nitrogen and oxygen atoms in total. The fourth-order valence-electron chi connectivity index (χ4n) is 1.10. The lowest BCUT2D eigenvalue weighted by atomic mass is 10.3. The van der Waals surface area contributed by atoms with Crippen LogP contribution in [0.1, 0.15) is 11.4 Å². The van der Waals surface area contributed by atoms with Crippen LogP contribution in [0, 0.1) is 6.92 Å². The molecule has 2 aromatic heterocycles. The van der Waals surface area contributed by atoms with E-state index in [4.69, 9.17) is 10.9 Å². The summed E-state index contributed by atoms with van der Waals surface area (Å²) >= 11 is 1.21. The Bertz CT molecular complexity index is 539. The second kappa shape index (κ2) is 4.78. The molecule has 0 amide bonds. The highest BCUT2D eigenvalue weighted by Crippen LogP contribution is 2.20. The summed E-state index contributed by atoms with van der Waals surface area (Å²) in [5.74, 6) is -0.0603. The lowest BCUT2D eigenvalue weighted by Crippen LogP contribution is -2.16. The number of aromatic amines is 1. The molecule has 88 valence electrons. The van der Waals surface area contributed by atoms with Gasteiger partial charge in [-0.2, -0.15) is 5.10 Å². The Morgan fingerprint density at radius 2 is 2.35 bits per heavy atom. The monoisotopic (exact) mass is 251 g/mol. The van der Waals surface area contributed by atoms with Crippen LogP contribution in [-0.2, 0) is 0 Å². The first-order valence-corrected chi connectivity index (χ1v) is 5.37. The van der Waals surface area contributed by atoms with Crippen LogP contribution in [0.5, 0.6) is 0 Å². The van der Waals surface area contributed by atoms with Gasteiger partial charge in [-0.1, -0.05) is 5.16 Å². The van der Waals surface area contributed by atoms with Gasteiger partial charge in [0.1, 0.15) is 12.0 Å². The van der Waals surface area contributed by atoms with Crippen molar-refractivity contribution >= 4 is 17.6 Å². The zero-order chi connectivity index (χ0) is 12.3. The number of H-pyrrole nitrogens is 1. The molecule has 2 aromatic rings. The molecule has 0 aliphatic carbocycles. The van der Waals surface area contributed by atoms with Crippen LogP contribution in [0.2, 0.25) is 0 Å². The molecule has 4 N–H and O–H groups in total. The van der Waals surface area contributed by atoms with Gasteiger partial charge in [-0.05, 0) is 24.8 Å². The Kier molecular flexibility index (Phi) is 3.19. The van der Waals surface area contributed by atoms with Gasteiger partial charge in [0, 0.05) is 5.69 Å². The number of aromatic nitrogens is 5. The van der Waals surface area contributed by atoms with E-state index in [1.165, 1.54) is 18.1 Å². The van der Waals surface area contributed by atoms with Gasteiger partial charge in [0.2, 0.25) is 0 Å². The number of rotatable bonds is 3. The van der Waals surface area contributed by atoms with Gasteiger partial charge in [0.05, 0.1) is 0 Å². The number of oxime groups is 1. The van der Waals surface area contributed by atoms with E-state index < -0.39 is 0 Å². The van der Waals surface area contributed by atoms with Gasteiger partial charge in [-0.3, -0.25) is 5.10 Å². The molecule has 0 unspecified atom stereocenters. The van der Waals surface area contributed by atoms with E-state index in [1.807, 2.05) is 0 Å². The van der Waals surface area contributed by atoms with Crippen molar-refractivity contribution in [3.8, 4) is 0 Å². The van der Waals surface area contributed by atoms with Crippen molar-refractivity contribution in [3.05, 3.63) is 23.8 Å². The summed E-state index contributed by atoms with van der Waals surface area (Å²) in [5.41, 5.74) is 6.54. The molecule has 0 bridgehead atoms. The molecule has 2 heterocycles. The van der Waals surface area contributed by atoms with Crippen molar-refractivity contribution in [3.63, 3.8) is 0 Å².